The van der Waals surface area contributed by atoms with E-state index in [9.17, 15) is 19.2 Å². The zero-order chi connectivity index (χ0) is 31.4. The van der Waals surface area contributed by atoms with Crippen LogP contribution in [0.3, 0.4) is 0 Å². The number of aromatic nitrogens is 2. The summed E-state index contributed by atoms with van der Waals surface area (Å²) in [5.41, 5.74) is 3.62. The number of fused-ring (bicyclic) bond motifs is 1. The monoisotopic (exact) mass is 610 g/mol. The van der Waals surface area contributed by atoms with Crippen molar-refractivity contribution in [2.45, 2.75) is 33.5 Å². The Balaban J connectivity index is 1.38. The van der Waals surface area contributed by atoms with Gasteiger partial charge in [-0.05, 0) is 60.9 Å². The molecule has 5 rings (SSSR count). The molecular formula is C34H31ClN4O5. The van der Waals surface area contributed by atoms with Crippen LogP contribution in [0.25, 0.3) is 10.9 Å². The number of carbonyl (C=O) groups excluding carboxylic acids is 2. The van der Waals surface area contributed by atoms with Crippen LogP contribution in [-0.4, -0.2) is 28.1 Å². The van der Waals surface area contributed by atoms with Crippen LogP contribution in [0.1, 0.15) is 32.6 Å². The summed E-state index contributed by atoms with van der Waals surface area (Å²) in [5.74, 6) is -0.340. The third-order valence-electron chi connectivity index (χ3n) is 7.32. The number of para-hydroxylation sites is 1. The number of benzene rings is 4. The van der Waals surface area contributed by atoms with E-state index in [1.807, 2.05) is 31.2 Å². The Bertz CT molecular complexity index is 1980. The fourth-order valence-corrected chi connectivity index (χ4v) is 5.01. The van der Waals surface area contributed by atoms with Crippen LogP contribution in [0.2, 0.25) is 5.02 Å². The lowest BCUT2D eigenvalue weighted by Gasteiger charge is -2.16. The van der Waals surface area contributed by atoms with Gasteiger partial charge in [0.15, 0.2) is 0 Å². The number of nitrogens with one attached hydrogen (secondary N) is 2. The molecule has 5 aromatic rings. The summed E-state index contributed by atoms with van der Waals surface area (Å²) in [7, 11) is 1.47. The smallest absolute Gasteiger partial charge is 0.332 e. The second-order valence-electron chi connectivity index (χ2n) is 10.5. The Hall–Kier alpha value is -5.15. The standard InChI is InChI=1S/C34H31ClN4O5/c1-21-8-10-23(11-9-21)18-36-32(41)25-14-12-24(13-15-25)19-39-33(42)26-6-4-5-7-29(26)38(34(39)43)20-31(40)37-28-16-22(2)27(35)17-30(28)44-3/h4-17H,18-20H2,1-3H3,(H,36,41)(H,37,40). The van der Waals surface area contributed by atoms with E-state index in [2.05, 4.69) is 10.6 Å². The van der Waals surface area contributed by atoms with Gasteiger partial charge in [-0.3, -0.25) is 23.5 Å². The first-order valence-electron chi connectivity index (χ1n) is 13.9. The lowest BCUT2D eigenvalue weighted by Crippen LogP contribution is -2.42. The first kappa shape index (κ1) is 30.3. The number of amides is 2. The van der Waals surface area contributed by atoms with Crippen molar-refractivity contribution in [3.05, 3.63) is 139 Å². The van der Waals surface area contributed by atoms with Gasteiger partial charge in [0.25, 0.3) is 11.5 Å². The van der Waals surface area contributed by atoms with Crippen LogP contribution in [0.5, 0.6) is 5.75 Å². The minimum atomic E-state index is -0.636. The highest BCUT2D eigenvalue weighted by Crippen LogP contribution is 2.31. The summed E-state index contributed by atoms with van der Waals surface area (Å²) in [4.78, 5) is 52.9. The molecule has 0 spiro atoms. The first-order valence-corrected chi connectivity index (χ1v) is 14.3. The Morgan fingerprint density at radius 1 is 0.864 bits per heavy atom. The SMILES string of the molecule is COc1cc(Cl)c(C)cc1NC(=O)Cn1c(=O)n(Cc2ccc(C(=O)NCc3ccc(C)cc3)cc2)c(=O)c2ccccc21. The molecule has 0 saturated carbocycles. The highest BCUT2D eigenvalue weighted by molar-refractivity contribution is 6.31. The van der Waals surface area contributed by atoms with E-state index in [1.165, 1.54) is 11.7 Å². The van der Waals surface area contributed by atoms with Crippen LogP contribution >= 0.6 is 11.6 Å². The number of hydrogen-bond acceptors (Lipinski definition) is 5. The Morgan fingerprint density at radius 2 is 1.55 bits per heavy atom. The first-order chi connectivity index (χ1) is 21.1. The van der Waals surface area contributed by atoms with Gasteiger partial charge >= 0.3 is 5.69 Å². The molecule has 44 heavy (non-hydrogen) atoms. The molecule has 4 aromatic carbocycles. The summed E-state index contributed by atoms with van der Waals surface area (Å²) in [5, 5.41) is 6.47. The van der Waals surface area contributed by atoms with E-state index in [-0.39, 0.29) is 19.0 Å². The van der Waals surface area contributed by atoms with E-state index < -0.39 is 17.2 Å². The zero-order valence-electron chi connectivity index (χ0n) is 24.5. The third kappa shape index (κ3) is 6.58. The second kappa shape index (κ2) is 13.0. The topological polar surface area (TPSA) is 111 Å². The maximum absolute atomic E-state index is 13.7. The summed E-state index contributed by atoms with van der Waals surface area (Å²) in [6.07, 6.45) is 0. The molecule has 0 aliphatic carbocycles. The fraction of sp³-hybridized carbons (Fsp3) is 0.176. The quantitative estimate of drug-likeness (QED) is 0.242. The van der Waals surface area contributed by atoms with Gasteiger partial charge in [-0.2, -0.15) is 0 Å². The van der Waals surface area contributed by atoms with Crippen molar-refractivity contribution >= 4 is 40.0 Å². The van der Waals surface area contributed by atoms with Gasteiger partial charge in [0, 0.05) is 23.2 Å². The number of nitrogens with zero attached hydrogens (tertiary/aromatic N) is 2. The molecule has 1 heterocycles. The predicted octanol–water partition coefficient (Wildman–Crippen LogP) is 5.06. The number of ether oxygens (including phenoxy) is 1. The van der Waals surface area contributed by atoms with E-state index in [4.69, 9.17) is 16.3 Å². The highest BCUT2D eigenvalue weighted by Gasteiger charge is 2.17. The molecule has 0 aliphatic rings. The van der Waals surface area contributed by atoms with Crippen LogP contribution in [0, 0.1) is 13.8 Å². The summed E-state index contributed by atoms with van der Waals surface area (Å²) >= 11 is 6.19. The highest BCUT2D eigenvalue weighted by atomic mass is 35.5. The van der Waals surface area contributed by atoms with Crippen LogP contribution in [0.15, 0.2) is 94.5 Å². The molecule has 0 bridgehead atoms. The largest absolute Gasteiger partial charge is 0.495 e. The predicted molar refractivity (Wildman–Crippen MR) is 172 cm³/mol. The zero-order valence-corrected chi connectivity index (χ0v) is 25.3. The number of rotatable bonds is 9. The van der Waals surface area contributed by atoms with Gasteiger partial charge in [-0.15, -0.1) is 0 Å². The summed E-state index contributed by atoms with van der Waals surface area (Å²) in [6, 6.07) is 24.6. The van der Waals surface area contributed by atoms with E-state index in [1.54, 1.807) is 67.6 Å². The van der Waals surface area contributed by atoms with Gasteiger partial charge in [0.05, 0.1) is 30.2 Å². The average molecular weight is 611 g/mol. The van der Waals surface area contributed by atoms with Crippen molar-refractivity contribution < 1.29 is 14.3 Å². The van der Waals surface area contributed by atoms with E-state index in [0.29, 0.717) is 45.0 Å². The van der Waals surface area contributed by atoms with Crippen molar-refractivity contribution in [1.82, 2.24) is 14.5 Å². The number of anilines is 1. The number of hydrogen-bond donors (Lipinski definition) is 2. The van der Waals surface area contributed by atoms with Crippen LogP contribution < -0.4 is 26.6 Å². The molecule has 0 fully saturated rings. The normalized spacial score (nSPS) is 10.9. The number of halogens is 1. The third-order valence-corrected chi connectivity index (χ3v) is 7.73. The van der Waals surface area contributed by atoms with Crippen molar-refractivity contribution in [2.24, 2.45) is 0 Å². The number of carbonyl (C=O) groups is 2. The molecular weight excluding hydrogens is 580 g/mol. The second-order valence-corrected chi connectivity index (χ2v) is 10.9. The van der Waals surface area contributed by atoms with Gasteiger partial charge in [-0.25, -0.2) is 4.79 Å². The minimum absolute atomic E-state index is 0.0421. The molecule has 1 aromatic heterocycles. The van der Waals surface area contributed by atoms with E-state index in [0.717, 1.165) is 21.3 Å². The maximum atomic E-state index is 13.7. The molecule has 224 valence electrons. The molecule has 2 N–H and O–H groups in total. The van der Waals surface area contributed by atoms with Crippen molar-refractivity contribution in [2.75, 3.05) is 12.4 Å². The van der Waals surface area contributed by atoms with Crippen LogP contribution in [-0.2, 0) is 24.4 Å². The molecule has 10 heteroatoms. The number of methoxy groups -OCH3 is 1. The average Bonchev–Trinajstić information content (AvgIpc) is 3.03. The summed E-state index contributed by atoms with van der Waals surface area (Å²) < 4.78 is 7.71. The van der Waals surface area contributed by atoms with E-state index >= 15 is 0 Å². The minimum Gasteiger partial charge on any atom is -0.495 e. The lowest BCUT2D eigenvalue weighted by atomic mass is 10.1. The fourth-order valence-electron chi connectivity index (χ4n) is 4.86. The Kier molecular flexibility index (Phi) is 8.96. The van der Waals surface area contributed by atoms with Gasteiger partial charge < -0.3 is 15.4 Å². The van der Waals surface area contributed by atoms with Gasteiger partial charge in [0.1, 0.15) is 12.3 Å². The molecule has 0 atom stereocenters. The van der Waals surface area contributed by atoms with Crippen molar-refractivity contribution in [3.8, 4) is 5.75 Å². The maximum Gasteiger partial charge on any atom is 0.332 e. The molecule has 0 unspecified atom stereocenters. The molecule has 0 radical (unpaired) electrons. The van der Waals surface area contributed by atoms with Crippen LogP contribution in [0.4, 0.5) is 5.69 Å². The van der Waals surface area contributed by atoms with Crippen molar-refractivity contribution in [1.29, 1.82) is 0 Å². The number of aryl methyl sites for hydroxylation is 2. The van der Waals surface area contributed by atoms with Gasteiger partial charge in [0.2, 0.25) is 5.91 Å². The molecule has 0 saturated heterocycles. The van der Waals surface area contributed by atoms with Crippen molar-refractivity contribution in [3.63, 3.8) is 0 Å². The molecule has 0 aliphatic heterocycles. The Morgan fingerprint density at radius 3 is 2.25 bits per heavy atom. The molecule has 2 amide bonds. The summed E-state index contributed by atoms with van der Waals surface area (Å²) in [6.45, 7) is 3.81. The van der Waals surface area contributed by atoms with Gasteiger partial charge in [-0.1, -0.05) is 65.7 Å². The molecule has 9 nitrogen and oxygen atoms in total. The Labute approximate surface area is 258 Å². The lowest BCUT2D eigenvalue weighted by molar-refractivity contribution is -0.116.